The van der Waals surface area contributed by atoms with Crippen LogP contribution in [-0.2, 0) is 6.42 Å². The first kappa shape index (κ1) is 11.6. The van der Waals surface area contributed by atoms with Crippen LogP contribution in [-0.4, -0.2) is 20.6 Å². The number of nitrogens with one attached hydrogen (secondary N) is 1. The number of aromatic nitrogens is 4. The van der Waals surface area contributed by atoms with Gasteiger partial charge in [-0.05, 0) is 34.0 Å². The first-order valence-electron chi connectivity index (χ1n) is 6.17. The predicted molar refractivity (Wildman–Crippen MR) is 71.4 cm³/mol. The number of tetrazole rings is 1. The molecule has 4 heteroatoms. The van der Waals surface area contributed by atoms with E-state index in [2.05, 4.69) is 51.0 Å². The maximum Gasteiger partial charge on any atom is 0.156 e. The minimum Gasteiger partial charge on any atom is -0.242 e. The Balaban J connectivity index is 1.94. The molecule has 1 heterocycles. The molecule has 3 aromatic rings. The van der Waals surface area contributed by atoms with Crippen LogP contribution in [0.15, 0.2) is 54.6 Å². The summed E-state index contributed by atoms with van der Waals surface area (Å²) in [5, 5.41) is 14.3. The van der Waals surface area contributed by atoms with Gasteiger partial charge < -0.3 is 0 Å². The second-order valence-electron chi connectivity index (χ2n) is 4.36. The minimum atomic E-state index is 0.131. The molecular formula is C15H13N4. The van der Waals surface area contributed by atoms with E-state index in [0.29, 0.717) is 0 Å². The standard InChI is InChI=1S/C15H13N4/c1-3-7-12(8-4-1)11-14(15-16-18-19-17-15)13-9-5-2-6-10-13/h1,3-10,14H,11H2,(H,16,17,18,19). The number of H-pyrrole nitrogens is 1. The number of nitrogens with zero attached hydrogens (tertiary/aromatic N) is 3. The van der Waals surface area contributed by atoms with E-state index in [0.717, 1.165) is 12.2 Å². The smallest absolute Gasteiger partial charge is 0.156 e. The maximum absolute atomic E-state index is 4.06. The summed E-state index contributed by atoms with van der Waals surface area (Å²) < 4.78 is 0. The maximum atomic E-state index is 4.06. The number of benzene rings is 2. The summed E-state index contributed by atoms with van der Waals surface area (Å²) in [7, 11) is 0. The molecule has 4 nitrogen and oxygen atoms in total. The van der Waals surface area contributed by atoms with E-state index in [9.17, 15) is 0 Å². The van der Waals surface area contributed by atoms with Crippen LogP contribution < -0.4 is 0 Å². The Hall–Kier alpha value is -2.49. The molecule has 19 heavy (non-hydrogen) atoms. The van der Waals surface area contributed by atoms with Crippen LogP contribution in [0.4, 0.5) is 0 Å². The van der Waals surface area contributed by atoms with Crippen molar-refractivity contribution in [1.29, 1.82) is 0 Å². The molecule has 1 unspecified atom stereocenters. The van der Waals surface area contributed by atoms with Crippen LogP contribution in [0.5, 0.6) is 0 Å². The summed E-state index contributed by atoms with van der Waals surface area (Å²) in [5.74, 6) is 0.919. The average molecular weight is 249 g/mol. The molecule has 3 rings (SSSR count). The highest BCUT2D eigenvalue weighted by molar-refractivity contribution is 5.28. The van der Waals surface area contributed by atoms with Gasteiger partial charge in [0, 0.05) is 5.92 Å². The first-order chi connectivity index (χ1) is 9.43. The molecule has 1 aromatic heterocycles. The number of rotatable bonds is 4. The normalized spacial score (nSPS) is 12.2. The minimum absolute atomic E-state index is 0.131. The van der Waals surface area contributed by atoms with E-state index in [-0.39, 0.29) is 5.92 Å². The van der Waals surface area contributed by atoms with Gasteiger partial charge in [-0.2, -0.15) is 0 Å². The van der Waals surface area contributed by atoms with Gasteiger partial charge >= 0.3 is 0 Å². The highest BCUT2D eigenvalue weighted by Gasteiger charge is 2.18. The fourth-order valence-corrected chi connectivity index (χ4v) is 2.17. The number of aromatic amines is 1. The zero-order chi connectivity index (χ0) is 12.9. The fraction of sp³-hybridized carbons (Fsp3) is 0.133. The average Bonchev–Trinajstić information content (AvgIpc) is 3.01. The topological polar surface area (TPSA) is 54.5 Å². The zero-order valence-electron chi connectivity index (χ0n) is 10.3. The Labute approximate surface area is 111 Å². The number of hydrogen-bond acceptors (Lipinski definition) is 3. The first-order valence-corrected chi connectivity index (χ1v) is 6.17. The van der Waals surface area contributed by atoms with Gasteiger partial charge in [-0.1, -0.05) is 54.6 Å². The molecule has 1 N–H and O–H groups in total. The van der Waals surface area contributed by atoms with E-state index in [1.54, 1.807) is 0 Å². The molecule has 0 spiro atoms. The Morgan fingerprint density at radius 2 is 1.84 bits per heavy atom. The van der Waals surface area contributed by atoms with Crippen LogP contribution in [0.25, 0.3) is 0 Å². The van der Waals surface area contributed by atoms with E-state index in [4.69, 9.17) is 0 Å². The van der Waals surface area contributed by atoms with Crippen molar-refractivity contribution in [2.75, 3.05) is 0 Å². The summed E-state index contributed by atoms with van der Waals surface area (Å²) in [6.45, 7) is 0. The Kier molecular flexibility index (Phi) is 3.32. The lowest BCUT2D eigenvalue weighted by Gasteiger charge is -2.14. The van der Waals surface area contributed by atoms with Crippen molar-refractivity contribution in [2.45, 2.75) is 12.3 Å². The lowest BCUT2D eigenvalue weighted by molar-refractivity contribution is 0.740. The second kappa shape index (κ2) is 5.44. The quantitative estimate of drug-likeness (QED) is 0.772. The van der Waals surface area contributed by atoms with Crippen molar-refractivity contribution in [3.05, 3.63) is 77.6 Å². The number of hydrogen-bond donors (Lipinski definition) is 1. The molecular weight excluding hydrogens is 236 g/mol. The molecule has 2 aromatic carbocycles. The fourth-order valence-electron chi connectivity index (χ4n) is 2.17. The highest BCUT2D eigenvalue weighted by Crippen LogP contribution is 2.25. The second-order valence-corrected chi connectivity index (χ2v) is 4.36. The third-order valence-electron chi connectivity index (χ3n) is 3.12. The van der Waals surface area contributed by atoms with Crippen molar-refractivity contribution in [1.82, 2.24) is 20.6 Å². The van der Waals surface area contributed by atoms with E-state index in [1.807, 2.05) is 30.3 Å². The molecule has 0 aliphatic rings. The van der Waals surface area contributed by atoms with Gasteiger partial charge in [0.25, 0.3) is 0 Å². The van der Waals surface area contributed by atoms with Crippen molar-refractivity contribution in [2.24, 2.45) is 0 Å². The lowest BCUT2D eigenvalue weighted by Crippen LogP contribution is -2.07. The molecule has 0 amide bonds. The third kappa shape index (κ3) is 2.68. The summed E-state index contributed by atoms with van der Waals surface area (Å²) in [4.78, 5) is 0. The van der Waals surface area contributed by atoms with E-state index in [1.165, 1.54) is 11.1 Å². The van der Waals surface area contributed by atoms with Crippen molar-refractivity contribution < 1.29 is 0 Å². The SMILES string of the molecule is [c]1ccc(C(Cc2ccccc2)c2nnn[nH]2)cc1. The van der Waals surface area contributed by atoms with Crippen LogP contribution in [0, 0.1) is 6.07 Å². The molecule has 0 fully saturated rings. The molecule has 0 aliphatic carbocycles. The Morgan fingerprint density at radius 3 is 2.53 bits per heavy atom. The van der Waals surface area contributed by atoms with Gasteiger partial charge in [-0.25, -0.2) is 5.10 Å². The predicted octanol–water partition coefficient (Wildman–Crippen LogP) is 2.37. The molecule has 0 saturated carbocycles. The van der Waals surface area contributed by atoms with E-state index >= 15 is 0 Å². The Bertz CT molecular complexity index is 605. The van der Waals surface area contributed by atoms with Crippen molar-refractivity contribution in [3.8, 4) is 0 Å². The molecule has 0 saturated heterocycles. The van der Waals surface area contributed by atoms with Gasteiger partial charge in [0.2, 0.25) is 0 Å². The van der Waals surface area contributed by atoms with Crippen LogP contribution in [0.1, 0.15) is 22.9 Å². The van der Waals surface area contributed by atoms with Gasteiger partial charge in [-0.15, -0.1) is 5.10 Å². The van der Waals surface area contributed by atoms with Gasteiger partial charge in [-0.3, -0.25) is 0 Å². The summed E-state index contributed by atoms with van der Waals surface area (Å²) >= 11 is 0. The molecule has 93 valence electrons. The molecule has 0 aliphatic heterocycles. The van der Waals surface area contributed by atoms with Crippen LogP contribution in [0.2, 0.25) is 0 Å². The monoisotopic (exact) mass is 249 g/mol. The van der Waals surface area contributed by atoms with Gasteiger partial charge in [0.05, 0.1) is 0 Å². The largest absolute Gasteiger partial charge is 0.242 e. The summed E-state index contributed by atoms with van der Waals surface area (Å²) in [6.07, 6.45) is 0.863. The van der Waals surface area contributed by atoms with Crippen molar-refractivity contribution in [3.63, 3.8) is 0 Å². The van der Waals surface area contributed by atoms with Crippen LogP contribution >= 0.6 is 0 Å². The molecule has 1 atom stereocenters. The summed E-state index contributed by atoms with van der Waals surface area (Å²) in [6, 6.07) is 21.3. The zero-order valence-corrected chi connectivity index (χ0v) is 10.3. The lowest BCUT2D eigenvalue weighted by atomic mass is 9.91. The summed E-state index contributed by atoms with van der Waals surface area (Å²) in [5.41, 5.74) is 2.44. The van der Waals surface area contributed by atoms with E-state index < -0.39 is 0 Å². The highest BCUT2D eigenvalue weighted by atomic mass is 15.5. The third-order valence-corrected chi connectivity index (χ3v) is 3.12. The van der Waals surface area contributed by atoms with Crippen molar-refractivity contribution >= 4 is 0 Å². The van der Waals surface area contributed by atoms with Gasteiger partial charge in [0.15, 0.2) is 5.82 Å². The molecule has 0 bridgehead atoms. The van der Waals surface area contributed by atoms with Crippen LogP contribution in [0.3, 0.4) is 0 Å². The molecule has 1 radical (unpaired) electrons. The Morgan fingerprint density at radius 1 is 1.05 bits per heavy atom. The van der Waals surface area contributed by atoms with Gasteiger partial charge in [0.1, 0.15) is 0 Å².